The lowest BCUT2D eigenvalue weighted by Crippen LogP contribution is -1.91. The van der Waals surface area contributed by atoms with Crippen molar-refractivity contribution < 1.29 is 4.74 Å². The van der Waals surface area contributed by atoms with Crippen LogP contribution in [0.4, 0.5) is 0 Å². The summed E-state index contributed by atoms with van der Waals surface area (Å²) in [5.41, 5.74) is 2.87. The molecule has 2 aromatic rings. The molecule has 0 radical (unpaired) electrons. The molecule has 1 heterocycles. The van der Waals surface area contributed by atoms with E-state index >= 15 is 0 Å². The van der Waals surface area contributed by atoms with Gasteiger partial charge >= 0.3 is 0 Å². The molecule has 1 aromatic heterocycles. The highest BCUT2D eigenvalue weighted by Crippen LogP contribution is 2.32. The maximum absolute atomic E-state index is 5.39. The second-order valence-corrected chi connectivity index (χ2v) is 3.26. The van der Waals surface area contributed by atoms with Crippen molar-refractivity contribution in [2.24, 2.45) is 0 Å². The number of hydrogen-bond acceptors (Lipinski definition) is 3. The molecule has 3 nitrogen and oxygen atoms in total. The Kier molecular flexibility index (Phi) is 2.96. The fraction of sp³-hybridized carbons (Fsp3) is 0.0769. The van der Waals surface area contributed by atoms with Crippen molar-refractivity contribution in [1.82, 2.24) is 9.97 Å². The van der Waals surface area contributed by atoms with Gasteiger partial charge in [0.05, 0.1) is 7.11 Å². The van der Waals surface area contributed by atoms with Gasteiger partial charge in [0.15, 0.2) is 0 Å². The van der Waals surface area contributed by atoms with Crippen LogP contribution in [0, 0.1) is 0 Å². The fourth-order valence-corrected chi connectivity index (χ4v) is 1.61. The Labute approximate surface area is 94.4 Å². The van der Waals surface area contributed by atoms with Crippen LogP contribution in [0.5, 0.6) is 5.75 Å². The third kappa shape index (κ3) is 1.80. The number of rotatable bonds is 3. The molecule has 0 saturated heterocycles. The first-order valence-corrected chi connectivity index (χ1v) is 4.91. The minimum Gasteiger partial charge on any atom is -0.495 e. The zero-order valence-electron chi connectivity index (χ0n) is 9.05. The quantitative estimate of drug-likeness (QED) is 0.784. The Balaban J connectivity index is 2.61. The smallest absolute Gasteiger partial charge is 0.133 e. The number of methoxy groups -OCH3 is 1. The molecule has 1 aromatic carbocycles. The van der Waals surface area contributed by atoms with E-state index in [4.69, 9.17) is 4.74 Å². The van der Waals surface area contributed by atoms with Crippen molar-refractivity contribution in [1.29, 1.82) is 0 Å². The van der Waals surface area contributed by atoms with Crippen molar-refractivity contribution >= 4 is 6.08 Å². The highest BCUT2D eigenvalue weighted by atomic mass is 16.5. The summed E-state index contributed by atoms with van der Waals surface area (Å²) >= 11 is 0. The van der Waals surface area contributed by atoms with Crippen molar-refractivity contribution in [3.8, 4) is 16.9 Å². The molecule has 0 atom stereocenters. The van der Waals surface area contributed by atoms with E-state index in [0.29, 0.717) is 0 Å². The van der Waals surface area contributed by atoms with Crippen molar-refractivity contribution in [3.63, 3.8) is 0 Å². The van der Waals surface area contributed by atoms with Gasteiger partial charge in [-0.15, -0.1) is 0 Å². The maximum atomic E-state index is 5.39. The van der Waals surface area contributed by atoms with Crippen LogP contribution < -0.4 is 4.74 Å². The van der Waals surface area contributed by atoms with Crippen LogP contribution in [0.1, 0.15) is 5.56 Å². The summed E-state index contributed by atoms with van der Waals surface area (Å²) in [6, 6.07) is 5.89. The molecule has 3 heteroatoms. The molecule has 80 valence electrons. The lowest BCUT2D eigenvalue weighted by Gasteiger charge is -2.10. The second kappa shape index (κ2) is 4.57. The lowest BCUT2D eigenvalue weighted by atomic mass is 10.0. The molecule has 0 N–H and O–H groups in total. The van der Waals surface area contributed by atoms with Gasteiger partial charge in [-0.3, -0.25) is 0 Å². The third-order valence-corrected chi connectivity index (χ3v) is 2.34. The molecule has 0 amide bonds. The van der Waals surface area contributed by atoms with Crippen LogP contribution in [0.3, 0.4) is 0 Å². The van der Waals surface area contributed by atoms with E-state index in [1.807, 2.05) is 18.2 Å². The van der Waals surface area contributed by atoms with E-state index < -0.39 is 0 Å². The highest BCUT2D eigenvalue weighted by Gasteiger charge is 2.08. The van der Waals surface area contributed by atoms with Crippen molar-refractivity contribution in [3.05, 3.63) is 49.1 Å². The van der Waals surface area contributed by atoms with Crippen molar-refractivity contribution in [2.75, 3.05) is 7.11 Å². The molecular formula is C13H12N2O. The SMILES string of the molecule is C=Cc1cccc(-c2cncnc2)c1OC. The zero-order valence-corrected chi connectivity index (χ0v) is 9.05. The Hall–Kier alpha value is -2.16. The van der Waals surface area contributed by atoms with Crippen LogP contribution in [0.15, 0.2) is 43.5 Å². The van der Waals surface area contributed by atoms with Crippen LogP contribution in [-0.2, 0) is 0 Å². The standard InChI is InChI=1S/C13H12N2O/c1-3-10-5-4-6-12(13(10)16-2)11-7-14-9-15-8-11/h3-9H,1H2,2H3. The topological polar surface area (TPSA) is 35.0 Å². The molecule has 0 fully saturated rings. The van der Waals surface area contributed by atoms with Crippen LogP contribution in [-0.4, -0.2) is 17.1 Å². The van der Waals surface area contributed by atoms with E-state index in [1.54, 1.807) is 25.6 Å². The number of ether oxygens (including phenoxy) is 1. The van der Waals surface area contributed by atoms with E-state index in [2.05, 4.69) is 16.5 Å². The molecule has 0 unspecified atom stereocenters. The average molecular weight is 212 g/mol. The monoisotopic (exact) mass is 212 g/mol. The second-order valence-electron chi connectivity index (χ2n) is 3.26. The van der Waals surface area contributed by atoms with Gasteiger partial charge in [0.1, 0.15) is 12.1 Å². The molecular weight excluding hydrogens is 200 g/mol. The molecule has 0 aliphatic rings. The Morgan fingerprint density at radius 3 is 2.62 bits per heavy atom. The van der Waals surface area contributed by atoms with Gasteiger partial charge in [-0.1, -0.05) is 30.9 Å². The number of para-hydroxylation sites is 1. The number of aromatic nitrogens is 2. The molecule has 2 rings (SSSR count). The summed E-state index contributed by atoms with van der Waals surface area (Å²) in [5.74, 6) is 0.798. The van der Waals surface area contributed by atoms with E-state index in [9.17, 15) is 0 Å². The van der Waals surface area contributed by atoms with Gasteiger partial charge in [0.25, 0.3) is 0 Å². The predicted molar refractivity (Wildman–Crippen MR) is 64.1 cm³/mol. The molecule has 0 aliphatic carbocycles. The number of nitrogens with zero attached hydrogens (tertiary/aromatic N) is 2. The summed E-state index contributed by atoms with van der Waals surface area (Å²) in [6.45, 7) is 3.76. The Morgan fingerprint density at radius 1 is 1.25 bits per heavy atom. The van der Waals surface area contributed by atoms with E-state index in [-0.39, 0.29) is 0 Å². The number of benzene rings is 1. The molecule has 0 aliphatic heterocycles. The number of hydrogen-bond donors (Lipinski definition) is 0. The maximum Gasteiger partial charge on any atom is 0.133 e. The van der Waals surface area contributed by atoms with Crippen molar-refractivity contribution in [2.45, 2.75) is 0 Å². The molecule has 0 bridgehead atoms. The van der Waals surface area contributed by atoms with Gasteiger partial charge in [-0.2, -0.15) is 0 Å². The minimum absolute atomic E-state index is 0.798. The molecule has 16 heavy (non-hydrogen) atoms. The summed E-state index contributed by atoms with van der Waals surface area (Å²) in [7, 11) is 1.65. The normalized spacial score (nSPS) is 9.81. The average Bonchev–Trinajstić information content (AvgIpc) is 2.38. The van der Waals surface area contributed by atoms with E-state index in [1.165, 1.54) is 6.33 Å². The predicted octanol–water partition coefficient (Wildman–Crippen LogP) is 2.80. The minimum atomic E-state index is 0.798. The molecule has 0 saturated carbocycles. The Morgan fingerprint density at radius 2 is 2.00 bits per heavy atom. The zero-order chi connectivity index (χ0) is 11.4. The fourth-order valence-electron chi connectivity index (χ4n) is 1.61. The van der Waals surface area contributed by atoms with Crippen LogP contribution in [0.25, 0.3) is 17.2 Å². The first-order valence-electron chi connectivity index (χ1n) is 4.91. The Bertz CT molecular complexity index is 495. The first-order chi connectivity index (χ1) is 7.86. The van der Waals surface area contributed by atoms with Crippen LogP contribution >= 0.6 is 0 Å². The van der Waals surface area contributed by atoms with Gasteiger partial charge < -0.3 is 4.74 Å². The summed E-state index contributed by atoms with van der Waals surface area (Å²) in [4.78, 5) is 8.00. The van der Waals surface area contributed by atoms with E-state index in [0.717, 1.165) is 22.4 Å². The lowest BCUT2D eigenvalue weighted by molar-refractivity contribution is 0.415. The third-order valence-electron chi connectivity index (χ3n) is 2.34. The largest absolute Gasteiger partial charge is 0.495 e. The molecule has 0 spiro atoms. The van der Waals surface area contributed by atoms with Gasteiger partial charge in [-0.05, 0) is 0 Å². The summed E-state index contributed by atoms with van der Waals surface area (Å²) < 4.78 is 5.39. The van der Waals surface area contributed by atoms with Gasteiger partial charge in [0.2, 0.25) is 0 Å². The summed E-state index contributed by atoms with van der Waals surface area (Å²) in [6.07, 6.45) is 6.80. The first kappa shape index (κ1) is 10.4. The highest BCUT2D eigenvalue weighted by molar-refractivity contribution is 5.75. The van der Waals surface area contributed by atoms with Gasteiger partial charge in [-0.25, -0.2) is 9.97 Å². The van der Waals surface area contributed by atoms with Gasteiger partial charge in [0, 0.05) is 29.1 Å². The van der Waals surface area contributed by atoms with Crippen LogP contribution in [0.2, 0.25) is 0 Å². The summed E-state index contributed by atoms with van der Waals surface area (Å²) in [5, 5.41) is 0.